The predicted octanol–water partition coefficient (Wildman–Crippen LogP) is 4.11. The van der Waals surface area contributed by atoms with Crippen LogP contribution in [0.1, 0.15) is 5.56 Å². The number of rotatable bonds is 7. The molecule has 0 saturated carbocycles. The number of pyridine rings is 1. The van der Waals surface area contributed by atoms with E-state index < -0.39 is 4.92 Å². The minimum absolute atomic E-state index is 0.0409. The number of ether oxygens (including phenoxy) is 2. The molecule has 1 aromatic heterocycles. The van der Waals surface area contributed by atoms with Crippen molar-refractivity contribution in [3.05, 3.63) is 82.7 Å². The summed E-state index contributed by atoms with van der Waals surface area (Å²) in [5, 5.41) is 13.4. The van der Waals surface area contributed by atoms with E-state index in [0.29, 0.717) is 22.9 Å². The largest absolute Gasteiger partial charge is 0.484 e. The van der Waals surface area contributed by atoms with Crippen molar-refractivity contribution in [1.29, 1.82) is 0 Å². The molecule has 0 radical (unpaired) electrons. The van der Waals surface area contributed by atoms with E-state index in [2.05, 4.69) is 10.3 Å². The van der Waals surface area contributed by atoms with Crippen molar-refractivity contribution in [2.24, 2.45) is 0 Å². The molecule has 142 valence electrons. The Kier molecular flexibility index (Phi) is 5.81. The monoisotopic (exact) mass is 379 g/mol. The lowest BCUT2D eigenvalue weighted by Crippen LogP contribution is -2.20. The Labute approximate surface area is 160 Å². The number of nitrogens with zero attached hydrogens (tertiary/aromatic N) is 2. The topological polar surface area (TPSA) is 104 Å². The van der Waals surface area contributed by atoms with E-state index >= 15 is 0 Å². The fraction of sp³-hybridized carbons (Fsp3) is 0.100. The summed E-state index contributed by atoms with van der Waals surface area (Å²) in [5.41, 5.74) is 1.41. The van der Waals surface area contributed by atoms with Gasteiger partial charge in [-0.1, -0.05) is 0 Å². The number of amides is 1. The number of hydrogen-bond donors (Lipinski definition) is 1. The van der Waals surface area contributed by atoms with E-state index in [1.807, 2.05) is 6.92 Å². The fourth-order valence-electron chi connectivity index (χ4n) is 2.39. The third kappa shape index (κ3) is 5.04. The van der Waals surface area contributed by atoms with Crippen LogP contribution in [0, 0.1) is 17.0 Å². The minimum atomic E-state index is -0.500. The first kappa shape index (κ1) is 18.8. The Hall–Kier alpha value is -3.94. The Morgan fingerprint density at radius 1 is 1.14 bits per heavy atom. The molecule has 1 N–H and O–H groups in total. The molecule has 0 fully saturated rings. The number of carbonyl (C=O) groups is 1. The van der Waals surface area contributed by atoms with Gasteiger partial charge in [-0.05, 0) is 55.0 Å². The minimum Gasteiger partial charge on any atom is -0.484 e. The van der Waals surface area contributed by atoms with Crippen LogP contribution in [0.4, 0.5) is 11.4 Å². The molecule has 8 heteroatoms. The molecular weight excluding hydrogens is 362 g/mol. The Balaban J connectivity index is 1.55. The highest BCUT2D eigenvalue weighted by Crippen LogP contribution is 2.26. The van der Waals surface area contributed by atoms with Gasteiger partial charge in [0, 0.05) is 24.0 Å². The number of anilines is 1. The molecule has 8 nitrogen and oxygen atoms in total. The van der Waals surface area contributed by atoms with Gasteiger partial charge in [0.1, 0.15) is 17.2 Å². The highest BCUT2D eigenvalue weighted by molar-refractivity contribution is 5.92. The molecule has 2 aromatic carbocycles. The summed E-state index contributed by atoms with van der Waals surface area (Å²) < 4.78 is 11.1. The standard InChI is InChI=1S/C20H17N3O5/c1-14-11-15(4-9-19(14)28-18-3-2-10-21-12-18)22-20(24)13-27-17-7-5-16(6-8-17)23(25)26/h2-12H,13H2,1H3,(H,22,24). The van der Waals surface area contributed by atoms with Crippen molar-refractivity contribution in [3.8, 4) is 17.2 Å². The lowest BCUT2D eigenvalue weighted by Gasteiger charge is -2.11. The Morgan fingerprint density at radius 3 is 2.57 bits per heavy atom. The first-order chi connectivity index (χ1) is 13.5. The van der Waals surface area contributed by atoms with Crippen molar-refractivity contribution in [2.75, 3.05) is 11.9 Å². The summed E-state index contributed by atoms with van der Waals surface area (Å²) in [4.78, 5) is 26.2. The number of aryl methyl sites for hydroxylation is 1. The van der Waals surface area contributed by atoms with Crippen molar-refractivity contribution in [2.45, 2.75) is 6.92 Å². The first-order valence-electron chi connectivity index (χ1n) is 8.37. The molecule has 0 bridgehead atoms. The zero-order valence-electron chi connectivity index (χ0n) is 15.0. The number of benzene rings is 2. The van der Waals surface area contributed by atoms with Gasteiger partial charge >= 0.3 is 0 Å². The number of carbonyl (C=O) groups excluding carboxylic acids is 1. The molecule has 0 saturated heterocycles. The van der Waals surface area contributed by atoms with Crippen LogP contribution < -0.4 is 14.8 Å². The molecule has 0 unspecified atom stereocenters. The van der Waals surface area contributed by atoms with Crippen LogP contribution in [-0.2, 0) is 4.79 Å². The number of nitro benzene ring substituents is 1. The lowest BCUT2D eigenvalue weighted by atomic mass is 10.2. The van der Waals surface area contributed by atoms with Crippen LogP contribution in [0.25, 0.3) is 0 Å². The summed E-state index contributed by atoms with van der Waals surface area (Å²) in [5.74, 6) is 1.31. The molecule has 28 heavy (non-hydrogen) atoms. The molecule has 3 aromatic rings. The summed E-state index contributed by atoms with van der Waals surface area (Å²) in [6.07, 6.45) is 3.28. The summed E-state index contributed by atoms with van der Waals surface area (Å²) >= 11 is 0. The van der Waals surface area contributed by atoms with Crippen LogP contribution in [0.3, 0.4) is 0 Å². The SMILES string of the molecule is Cc1cc(NC(=O)COc2ccc([N+](=O)[O-])cc2)ccc1Oc1cccnc1. The van der Waals surface area contributed by atoms with Crippen molar-refractivity contribution < 1.29 is 19.2 Å². The van der Waals surface area contributed by atoms with Crippen LogP contribution >= 0.6 is 0 Å². The Morgan fingerprint density at radius 2 is 1.93 bits per heavy atom. The molecule has 3 rings (SSSR count). The van der Waals surface area contributed by atoms with E-state index in [0.717, 1.165) is 5.56 Å². The van der Waals surface area contributed by atoms with E-state index in [-0.39, 0.29) is 18.2 Å². The maximum atomic E-state index is 12.1. The van der Waals surface area contributed by atoms with E-state index in [9.17, 15) is 14.9 Å². The van der Waals surface area contributed by atoms with Gasteiger partial charge in [0.25, 0.3) is 11.6 Å². The molecule has 1 heterocycles. The van der Waals surface area contributed by atoms with Gasteiger partial charge in [-0.3, -0.25) is 19.9 Å². The van der Waals surface area contributed by atoms with Gasteiger partial charge in [-0.15, -0.1) is 0 Å². The smallest absolute Gasteiger partial charge is 0.269 e. The van der Waals surface area contributed by atoms with E-state index in [1.54, 1.807) is 42.7 Å². The second kappa shape index (κ2) is 8.63. The van der Waals surface area contributed by atoms with Crippen LogP contribution in [0.15, 0.2) is 67.0 Å². The third-order valence-electron chi connectivity index (χ3n) is 3.74. The van der Waals surface area contributed by atoms with Crippen LogP contribution in [0.5, 0.6) is 17.2 Å². The number of non-ortho nitro benzene ring substituents is 1. The zero-order valence-corrected chi connectivity index (χ0v) is 15.0. The molecule has 0 aliphatic carbocycles. The Bertz CT molecular complexity index is 975. The average Bonchev–Trinajstić information content (AvgIpc) is 2.69. The number of hydrogen-bond acceptors (Lipinski definition) is 6. The molecule has 0 spiro atoms. The van der Waals surface area contributed by atoms with Gasteiger partial charge in [-0.25, -0.2) is 0 Å². The summed E-state index contributed by atoms with van der Waals surface area (Å²) in [6.45, 7) is 1.65. The quantitative estimate of drug-likeness (QED) is 0.489. The molecule has 0 aliphatic rings. The van der Waals surface area contributed by atoms with Crippen molar-refractivity contribution in [1.82, 2.24) is 4.98 Å². The number of nitrogens with one attached hydrogen (secondary N) is 1. The zero-order chi connectivity index (χ0) is 19.9. The lowest BCUT2D eigenvalue weighted by molar-refractivity contribution is -0.384. The second-order valence-corrected chi connectivity index (χ2v) is 5.86. The first-order valence-corrected chi connectivity index (χ1v) is 8.37. The van der Waals surface area contributed by atoms with Gasteiger partial charge in [-0.2, -0.15) is 0 Å². The fourth-order valence-corrected chi connectivity index (χ4v) is 2.39. The van der Waals surface area contributed by atoms with Gasteiger partial charge in [0.15, 0.2) is 6.61 Å². The number of aromatic nitrogens is 1. The summed E-state index contributed by atoms with van der Waals surface area (Å²) in [6, 6.07) is 14.4. The van der Waals surface area contributed by atoms with Crippen LogP contribution in [-0.4, -0.2) is 22.4 Å². The highest BCUT2D eigenvalue weighted by atomic mass is 16.6. The van der Waals surface area contributed by atoms with Crippen molar-refractivity contribution >= 4 is 17.3 Å². The number of nitro groups is 1. The van der Waals surface area contributed by atoms with Gasteiger partial charge in [0.2, 0.25) is 0 Å². The molecule has 1 amide bonds. The molecule has 0 atom stereocenters. The van der Waals surface area contributed by atoms with Crippen LogP contribution in [0.2, 0.25) is 0 Å². The van der Waals surface area contributed by atoms with Gasteiger partial charge < -0.3 is 14.8 Å². The third-order valence-corrected chi connectivity index (χ3v) is 3.74. The van der Waals surface area contributed by atoms with E-state index in [1.165, 1.54) is 24.3 Å². The van der Waals surface area contributed by atoms with E-state index in [4.69, 9.17) is 9.47 Å². The highest BCUT2D eigenvalue weighted by Gasteiger charge is 2.08. The second-order valence-electron chi connectivity index (χ2n) is 5.86. The average molecular weight is 379 g/mol. The molecule has 0 aliphatic heterocycles. The summed E-state index contributed by atoms with van der Waals surface area (Å²) in [7, 11) is 0. The normalized spacial score (nSPS) is 10.2. The predicted molar refractivity (Wildman–Crippen MR) is 103 cm³/mol. The molecular formula is C20H17N3O5. The maximum Gasteiger partial charge on any atom is 0.269 e. The van der Waals surface area contributed by atoms with Gasteiger partial charge in [0.05, 0.1) is 11.1 Å². The maximum absolute atomic E-state index is 12.1. The van der Waals surface area contributed by atoms with Crippen molar-refractivity contribution in [3.63, 3.8) is 0 Å².